The van der Waals surface area contributed by atoms with Gasteiger partial charge in [-0.15, -0.1) is 10.2 Å². The second-order valence-electron chi connectivity index (χ2n) is 7.12. The van der Waals surface area contributed by atoms with Crippen molar-refractivity contribution in [1.82, 2.24) is 15.1 Å². The van der Waals surface area contributed by atoms with Crippen molar-refractivity contribution in [3.8, 4) is 17.0 Å². The molecule has 28 heavy (non-hydrogen) atoms. The molecule has 142 valence electrons. The molecular formula is C21H20FN5O. The molecule has 0 radical (unpaired) electrons. The maximum atomic E-state index is 14.8. The first-order chi connectivity index (χ1) is 13.6. The summed E-state index contributed by atoms with van der Waals surface area (Å²) in [5.74, 6) is -0.0602. The molecule has 0 bridgehead atoms. The maximum absolute atomic E-state index is 14.8. The largest absolute Gasteiger partial charge is 0.509 e. The van der Waals surface area contributed by atoms with Gasteiger partial charge in [0.1, 0.15) is 17.3 Å². The van der Waals surface area contributed by atoms with E-state index in [0.29, 0.717) is 33.5 Å². The number of fused-ring (bicyclic) bond motifs is 1. The number of phenols is 1. The van der Waals surface area contributed by atoms with E-state index in [1.54, 1.807) is 24.3 Å². The number of anilines is 1. The minimum Gasteiger partial charge on any atom is -0.509 e. The molecule has 4 rings (SSSR count). The molecule has 1 atom stereocenters. The zero-order valence-electron chi connectivity index (χ0n) is 15.5. The average molecular weight is 377 g/mol. The van der Waals surface area contributed by atoms with Gasteiger partial charge in [-0.1, -0.05) is 24.3 Å². The Balaban J connectivity index is 1.81. The highest BCUT2D eigenvalue weighted by Crippen LogP contribution is 2.37. The number of benzene rings is 2. The van der Waals surface area contributed by atoms with Gasteiger partial charge in [0.25, 0.3) is 0 Å². The molecule has 1 aliphatic rings. The highest BCUT2D eigenvalue weighted by atomic mass is 19.1. The molecule has 6 nitrogen and oxygen atoms in total. The molecule has 0 amide bonds. The van der Waals surface area contributed by atoms with Crippen LogP contribution in [0.4, 0.5) is 15.9 Å². The van der Waals surface area contributed by atoms with E-state index in [1.165, 1.54) is 12.1 Å². The Morgan fingerprint density at radius 3 is 2.89 bits per heavy atom. The van der Waals surface area contributed by atoms with Crippen molar-refractivity contribution in [1.29, 1.82) is 0 Å². The third-order valence-electron chi connectivity index (χ3n) is 5.09. The van der Waals surface area contributed by atoms with Gasteiger partial charge >= 0.3 is 0 Å². The van der Waals surface area contributed by atoms with E-state index < -0.39 is 5.82 Å². The molecule has 0 saturated carbocycles. The van der Waals surface area contributed by atoms with Crippen molar-refractivity contribution in [2.75, 3.05) is 25.5 Å². The smallest absolute Gasteiger partial charge is 0.190 e. The molecule has 1 aromatic heterocycles. The lowest BCUT2D eigenvalue weighted by Crippen LogP contribution is -2.40. The fourth-order valence-corrected chi connectivity index (χ4v) is 3.73. The van der Waals surface area contributed by atoms with Gasteiger partial charge in [0.15, 0.2) is 11.5 Å². The summed E-state index contributed by atoms with van der Waals surface area (Å²) < 4.78 is 14.8. The Morgan fingerprint density at radius 1 is 1.29 bits per heavy atom. The van der Waals surface area contributed by atoms with Crippen LogP contribution in [0.1, 0.15) is 12.8 Å². The van der Waals surface area contributed by atoms with Gasteiger partial charge in [-0.05, 0) is 38.6 Å². The molecule has 1 saturated heterocycles. The molecule has 0 spiro atoms. The number of nitrogens with one attached hydrogen (secondary N) is 1. The van der Waals surface area contributed by atoms with Crippen LogP contribution in [0.25, 0.3) is 26.9 Å². The van der Waals surface area contributed by atoms with Gasteiger partial charge in [0.05, 0.1) is 12.0 Å². The Morgan fingerprint density at radius 2 is 2.14 bits per heavy atom. The van der Waals surface area contributed by atoms with Crippen molar-refractivity contribution < 1.29 is 9.50 Å². The Kier molecular flexibility index (Phi) is 4.80. The normalized spacial score (nSPS) is 17.4. The second-order valence-corrected chi connectivity index (χ2v) is 7.12. The van der Waals surface area contributed by atoms with Crippen molar-refractivity contribution >= 4 is 22.3 Å². The lowest BCUT2D eigenvalue weighted by Gasteiger charge is -2.30. The van der Waals surface area contributed by atoms with Crippen LogP contribution in [0.3, 0.4) is 0 Å². The van der Waals surface area contributed by atoms with Crippen LogP contribution in [-0.2, 0) is 0 Å². The van der Waals surface area contributed by atoms with Crippen LogP contribution >= 0.6 is 0 Å². The standard InChI is InChI=1S/C21H20FN5O/c1-23-13-8-9-15(18(28)11-13)20-16-6-3-7-17(22)19(16)21(26-25-20)24-14-5-4-10-27(2)12-14/h3,6-9,11,14,28H,4-5,10,12H2,2H3,(H,24,26)/t14-/m1/s1. The number of likely N-dealkylation sites (tertiary alicyclic amines) is 1. The monoisotopic (exact) mass is 377 g/mol. The Hall–Kier alpha value is -3.24. The van der Waals surface area contributed by atoms with Gasteiger partial charge in [0, 0.05) is 23.5 Å². The van der Waals surface area contributed by atoms with Crippen LogP contribution < -0.4 is 5.32 Å². The first-order valence-electron chi connectivity index (χ1n) is 9.17. The van der Waals surface area contributed by atoms with Crippen molar-refractivity contribution in [3.63, 3.8) is 0 Å². The van der Waals surface area contributed by atoms with Crippen molar-refractivity contribution in [2.24, 2.45) is 0 Å². The predicted octanol–water partition coefficient (Wildman–Crippen LogP) is 4.20. The zero-order valence-corrected chi connectivity index (χ0v) is 15.5. The number of rotatable bonds is 3. The molecule has 2 aromatic carbocycles. The van der Waals surface area contributed by atoms with E-state index in [-0.39, 0.29) is 11.8 Å². The van der Waals surface area contributed by atoms with Gasteiger partial charge in [-0.3, -0.25) is 0 Å². The Labute approximate surface area is 162 Å². The van der Waals surface area contributed by atoms with E-state index in [1.807, 2.05) is 0 Å². The summed E-state index contributed by atoms with van der Waals surface area (Å²) in [6.45, 7) is 8.98. The lowest BCUT2D eigenvalue weighted by molar-refractivity contribution is 0.261. The molecule has 1 fully saturated rings. The van der Waals surface area contributed by atoms with Gasteiger partial charge in [-0.2, -0.15) is 0 Å². The van der Waals surface area contributed by atoms with Crippen LogP contribution in [0.5, 0.6) is 5.75 Å². The quantitative estimate of drug-likeness (QED) is 0.670. The van der Waals surface area contributed by atoms with Crippen LogP contribution in [0, 0.1) is 12.4 Å². The van der Waals surface area contributed by atoms with Crippen LogP contribution in [0.15, 0.2) is 36.4 Å². The van der Waals surface area contributed by atoms with Gasteiger partial charge < -0.3 is 15.3 Å². The highest BCUT2D eigenvalue weighted by molar-refractivity contribution is 6.01. The number of hydrogen-bond donors (Lipinski definition) is 2. The van der Waals surface area contributed by atoms with E-state index in [0.717, 1.165) is 25.9 Å². The molecule has 0 aliphatic carbocycles. The summed E-state index contributed by atoms with van der Waals surface area (Å²) in [5.41, 5.74) is 1.12. The fourth-order valence-electron chi connectivity index (χ4n) is 3.73. The van der Waals surface area contributed by atoms with Crippen LogP contribution in [-0.4, -0.2) is 46.4 Å². The predicted molar refractivity (Wildman–Crippen MR) is 107 cm³/mol. The summed E-state index contributed by atoms with van der Waals surface area (Å²) >= 11 is 0. The first kappa shape index (κ1) is 18.1. The van der Waals surface area contributed by atoms with E-state index in [9.17, 15) is 9.50 Å². The minimum absolute atomic E-state index is 0.0806. The van der Waals surface area contributed by atoms with E-state index >= 15 is 0 Å². The summed E-state index contributed by atoms with van der Waals surface area (Å²) in [5, 5.41) is 23.2. The number of aromatic hydroxyl groups is 1. The molecular weight excluding hydrogens is 357 g/mol. The van der Waals surface area contributed by atoms with Gasteiger partial charge in [-0.25, -0.2) is 9.24 Å². The maximum Gasteiger partial charge on any atom is 0.190 e. The first-order valence-corrected chi connectivity index (χ1v) is 9.17. The molecule has 1 aliphatic heterocycles. The summed E-state index contributed by atoms with van der Waals surface area (Å²) in [6, 6.07) is 9.54. The van der Waals surface area contributed by atoms with Crippen molar-refractivity contribution in [2.45, 2.75) is 18.9 Å². The summed E-state index contributed by atoms with van der Waals surface area (Å²) in [7, 11) is 2.07. The minimum atomic E-state index is -0.391. The molecule has 2 heterocycles. The lowest BCUT2D eigenvalue weighted by atomic mass is 10.0. The number of piperidine rings is 1. The number of likely N-dealkylation sites (N-methyl/N-ethyl adjacent to an activating group) is 1. The van der Waals surface area contributed by atoms with E-state index in [2.05, 4.69) is 32.3 Å². The van der Waals surface area contributed by atoms with Crippen molar-refractivity contribution in [3.05, 3.63) is 53.6 Å². The molecule has 3 aromatic rings. The number of halogens is 1. The number of aromatic nitrogens is 2. The van der Waals surface area contributed by atoms with Crippen LogP contribution in [0.2, 0.25) is 0 Å². The summed E-state index contributed by atoms with van der Waals surface area (Å²) in [4.78, 5) is 5.54. The topological polar surface area (TPSA) is 65.6 Å². The average Bonchev–Trinajstić information content (AvgIpc) is 2.68. The molecule has 0 unspecified atom stereocenters. The number of phenolic OH excluding ortho intramolecular Hbond substituents is 1. The van der Waals surface area contributed by atoms with Gasteiger partial charge in [0.2, 0.25) is 0 Å². The third-order valence-corrected chi connectivity index (χ3v) is 5.09. The fraction of sp³-hybridized carbons (Fsp3) is 0.286. The zero-order chi connectivity index (χ0) is 19.7. The highest BCUT2D eigenvalue weighted by Gasteiger charge is 2.21. The number of hydrogen-bond acceptors (Lipinski definition) is 5. The van der Waals surface area contributed by atoms with E-state index in [4.69, 9.17) is 6.57 Å². The Bertz CT molecular complexity index is 1080. The number of nitrogens with zero attached hydrogens (tertiary/aromatic N) is 4. The third kappa shape index (κ3) is 3.35. The molecule has 2 N–H and O–H groups in total. The summed E-state index contributed by atoms with van der Waals surface area (Å²) in [6.07, 6.45) is 2.06. The SMILES string of the molecule is [C-]#[N+]c1ccc(-c2nnc(N[C@@H]3CCCN(C)C3)c3c(F)cccc23)c(O)c1. The second kappa shape index (κ2) is 7.41. The molecule has 7 heteroatoms.